The standard InChI is InChI=1S/C12H13ClN4O/c1-17-11(14)9(7-16-17)6-15-12(18)8-2-4-10(13)5-3-8/h2-5,7H,6,14H2,1H3,(H,15,18). The summed E-state index contributed by atoms with van der Waals surface area (Å²) >= 11 is 5.75. The largest absolute Gasteiger partial charge is 0.384 e. The molecule has 0 radical (unpaired) electrons. The van der Waals surface area contributed by atoms with E-state index in [1.165, 1.54) is 0 Å². The summed E-state index contributed by atoms with van der Waals surface area (Å²) in [6.45, 7) is 0.348. The van der Waals surface area contributed by atoms with Gasteiger partial charge in [-0.25, -0.2) is 0 Å². The molecular formula is C12H13ClN4O. The van der Waals surface area contributed by atoms with E-state index in [9.17, 15) is 4.79 Å². The molecule has 5 nitrogen and oxygen atoms in total. The number of hydrogen-bond donors (Lipinski definition) is 2. The van der Waals surface area contributed by atoms with E-state index >= 15 is 0 Å². The number of halogens is 1. The summed E-state index contributed by atoms with van der Waals surface area (Å²) in [5.41, 5.74) is 7.13. The molecule has 94 valence electrons. The molecule has 0 aliphatic carbocycles. The minimum absolute atomic E-state index is 0.171. The Kier molecular flexibility index (Phi) is 3.53. The Morgan fingerprint density at radius 1 is 1.44 bits per heavy atom. The number of hydrogen-bond acceptors (Lipinski definition) is 3. The number of aromatic nitrogens is 2. The average molecular weight is 265 g/mol. The summed E-state index contributed by atoms with van der Waals surface area (Å²) in [5, 5.41) is 7.37. The van der Waals surface area contributed by atoms with Crippen molar-refractivity contribution in [2.45, 2.75) is 6.54 Å². The van der Waals surface area contributed by atoms with Gasteiger partial charge in [-0.05, 0) is 24.3 Å². The Bertz CT molecular complexity index is 562. The van der Waals surface area contributed by atoms with E-state index in [0.717, 1.165) is 5.56 Å². The van der Waals surface area contributed by atoms with Gasteiger partial charge in [0.15, 0.2) is 0 Å². The van der Waals surface area contributed by atoms with Gasteiger partial charge >= 0.3 is 0 Å². The first-order chi connectivity index (χ1) is 8.58. The summed E-state index contributed by atoms with van der Waals surface area (Å²) in [6, 6.07) is 6.69. The number of carbonyl (C=O) groups is 1. The molecule has 1 heterocycles. The van der Waals surface area contributed by atoms with Crippen LogP contribution in [0.25, 0.3) is 0 Å². The van der Waals surface area contributed by atoms with Gasteiger partial charge in [0, 0.05) is 29.7 Å². The Morgan fingerprint density at radius 2 is 2.11 bits per heavy atom. The van der Waals surface area contributed by atoms with Crippen molar-refractivity contribution < 1.29 is 4.79 Å². The first kappa shape index (κ1) is 12.4. The first-order valence-electron chi connectivity index (χ1n) is 5.38. The van der Waals surface area contributed by atoms with Crippen LogP contribution in [0.2, 0.25) is 5.02 Å². The van der Waals surface area contributed by atoms with Gasteiger partial charge in [-0.15, -0.1) is 0 Å². The van der Waals surface area contributed by atoms with Gasteiger partial charge in [-0.2, -0.15) is 5.10 Å². The van der Waals surface area contributed by atoms with Crippen molar-refractivity contribution in [1.29, 1.82) is 0 Å². The quantitative estimate of drug-likeness (QED) is 0.884. The van der Waals surface area contributed by atoms with Gasteiger partial charge in [0.25, 0.3) is 5.91 Å². The fraction of sp³-hybridized carbons (Fsp3) is 0.167. The zero-order chi connectivity index (χ0) is 13.1. The molecule has 18 heavy (non-hydrogen) atoms. The molecule has 1 aromatic carbocycles. The van der Waals surface area contributed by atoms with E-state index in [2.05, 4.69) is 10.4 Å². The summed E-state index contributed by atoms with van der Waals surface area (Å²) < 4.78 is 1.56. The molecule has 0 fully saturated rings. The minimum atomic E-state index is -0.171. The van der Waals surface area contributed by atoms with E-state index < -0.39 is 0 Å². The number of nitrogens with two attached hydrogens (primary N) is 1. The van der Waals surface area contributed by atoms with Crippen molar-refractivity contribution in [3.8, 4) is 0 Å². The number of rotatable bonds is 3. The van der Waals surface area contributed by atoms with Crippen LogP contribution in [0.5, 0.6) is 0 Å². The van der Waals surface area contributed by atoms with Crippen LogP contribution in [0.4, 0.5) is 5.82 Å². The average Bonchev–Trinajstić information content (AvgIpc) is 2.68. The molecule has 2 aromatic rings. The number of nitrogen functional groups attached to an aromatic ring is 1. The molecule has 0 saturated heterocycles. The number of amides is 1. The Hall–Kier alpha value is -2.01. The molecule has 2 rings (SSSR count). The number of aryl methyl sites for hydroxylation is 1. The van der Waals surface area contributed by atoms with Gasteiger partial charge in [0.2, 0.25) is 0 Å². The second-order valence-electron chi connectivity index (χ2n) is 3.87. The maximum absolute atomic E-state index is 11.8. The van der Waals surface area contributed by atoms with Crippen LogP contribution in [0.3, 0.4) is 0 Å². The third-order valence-electron chi connectivity index (χ3n) is 2.61. The van der Waals surface area contributed by atoms with Gasteiger partial charge in [0.05, 0.1) is 6.20 Å². The Balaban J connectivity index is 2.00. The highest BCUT2D eigenvalue weighted by Crippen LogP contribution is 2.11. The number of carbonyl (C=O) groups excluding carboxylic acids is 1. The highest BCUT2D eigenvalue weighted by molar-refractivity contribution is 6.30. The van der Waals surface area contributed by atoms with Crippen molar-refractivity contribution in [3.05, 3.63) is 46.6 Å². The van der Waals surface area contributed by atoms with E-state index in [4.69, 9.17) is 17.3 Å². The highest BCUT2D eigenvalue weighted by atomic mass is 35.5. The van der Waals surface area contributed by atoms with E-state index in [-0.39, 0.29) is 5.91 Å². The summed E-state index contributed by atoms with van der Waals surface area (Å²) in [7, 11) is 1.75. The van der Waals surface area contributed by atoms with Crippen LogP contribution >= 0.6 is 11.6 Å². The second-order valence-corrected chi connectivity index (χ2v) is 4.30. The predicted molar refractivity (Wildman–Crippen MR) is 70.2 cm³/mol. The van der Waals surface area contributed by atoms with Crippen LogP contribution in [0.15, 0.2) is 30.5 Å². The summed E-state index contributed by atoms with van der Waals surface area (Å²) in [5.74, 6) is 0.376. The second kappa shape index (κ2) is 5.10. The predicted octanol–water partition coefficient (Wildman–Crippen LogP) is 1.59. The SMILES string of the molecule is Cn1ncc(CNC(=O)c2ccc(Cl)cc2)c1N. The van der Waals surface area contributed by atoms with Gasteiger partial charge in [0.1, 0.15) is 5.82 Å². The molecule has 0 spiro atoms. The molecule has 0 aliphatic rings. The summed E-state index contributed by atoms with van der Waals surface area (Å²) in [4.78, 5) is 11.8. The number of anilines is 1. The molecule has 3 N–H and O–H groups in total. The lowest BCUT2D eigenvalue weighted by molar-refractivity contribution is 0.0951. The van der Waals surface area contributed by atoms with Crippen molar-refractivity contribution >= 4 is 23.3 Å². The van der Waals surface area contributed by atoms with Gasteiger partial charge < -0.3 is 11.1 Å². The monoisotopic (exact) mass is 264 g/mol. The van der Waals surface area contributed by atoms with Gasteiger partial charge in [-0.1, -0.05) is 11.6 Å². The maximum atomic E-state index is 11.8. The number of benzene rings is 1. The van der Waals surface area contributed by atoms with Crippen molar-refractivity contribution in [2.75, 3.05) is 5.73 Å². The topological polar surface area (TPSA) is 72.9 Å². The molecule has 0 atom stereocenters. The molecule has 1 amide bonds. The lowest BCUT2D eigenvalue weighted by atomic mass is 10.2. The molecule has 0 aliphatic heterocycles. The van der Waals surface area contributed by atoms with Crippen molar-refractivity contribution in [1.82, 2.24) is 15.1 Å². The summed E-state index contributed by atoms with van der Waals surface area (Å²) in [6.07, 6.45) is 1.64. The lowest BCUT2D eigenvalue weighted by Gasteiger charge is -2.05. The van der Waals surface area contributed by atoms with Crippen LogP contribution in [-0.4, -0.2) is 15.7 Å². The van der Waals surface area contributed by atoms with Crippen LogP contribution in [0, 0.1) is 0 Å². The zero-order valence-corrected chi connectivity index (χ0v) is 10.6. The molecule has 0 saturated carbocycles. The fourth-order valence-corrected chi connectivity index (χ4v) is 1.63. The van der Waals surface area contributed by atoms with Crippen molar-refractivity contribution in [2.24, 2.45) is 7.05 Å². The zero-order valence-electron chi connectivity index (χ0n) is 9.85. The first-order valence-corrected chi connectivity index (χ1v) is 5.76. The third-order valence-corrected chi connectivity index (χ3v) is 2.86. The normalized spacial score (nSPS) is 10.3. The molecule has 6 heteroatoms. The third kappa shape index (κ3) is 2.62. The molecule has 0 bridgehead atoms. The van der Waals surface area contributed by atoms with Gasteiger partial charge in [-0.3, -0.25) is 9.48 Å². The number of nitrogens with one attached hydrogen (secondary N) is 1. The van der Waals surface area contributed by atoms with E-state index in [0.29, 0.717) is 22.9 Å². The minimum Gasteiger partial charge on any atom is -0.384 e. The molecule has 0 unspecified atom stereocenters. The van der Waals surface area contributed by atoms with Crippen LogP contribution in [-0.2, 0) is 13.6 Å². The van der Waals surface area contributed by atoms with E-state index in [1.54, 1.807) is 42.2 Å². The smallest absolute Gasteiger partial charge is 0.251 e. The lowest BCUT2D eigenvalue weighted by Crippen LogP contribution is -2.23. The molecule has 1 aromatic heterocycles. The van der Waals surface area contributed by atoms with Crippen molar-refractivity contribution in [3.63, 3.8) is 0 Å². The van der Waals surface area contributed by atoms with Crippen LogP contribution in [0.1, 0.15) is 15.9 Å². The fourth-order valence-electron chi connectivity index (χ4n) is 1.51. The maximum Gasteiger partial charge on any atom is 0.251 e. The molecular weight excluding hydrogens is 252 g/mol. The Morgan fingerprint density at radius 3 is 2.67 bits per heavy atom. The number of nitrogens with zero attached hydrogens (tertiary/aromatic N) is 2. The Labute approximate surface area is 110 Å². The highest BCUT2D eigenvalue weighted by Gasteiger charge is 2.08. The van der Waals surface area contributed by atoms with E-state index in [1.807, 2.05) is 0 Å². The van der Waals surface area contributed by atoms with Crippen LogP contribution < -0.4 is 11.1 Å².